The molecule has 0 spiro atoms. The van der Waals surface area contributed by atoms with Crippen LogP contribution >= 0.6 is 22.2 Å². The summed E-state index contributed by atoms with van der Waals surface area (Å²) in [5.74, 6) is 0. The zero-order chi connectivity index (χ0) is 8.91. The molecule has 1 nitrogen and oxygen atoms in total. The smallest absolute Gasteiger partial charge is 0.252 e. The van der Waals surface area contributed by atoms with Gasteiger partial charge in [-0.15, -0.1) is 28.7 Å². The summed E-state index contributed by atoms with van der Waals surface area (Å²) in [6.07, 6.45) is 3.80. The number of allylic oxidation sites excluding steroid dienone is 1. The van der Waals surface area contributed by atoms with Crippen LogP contribution in [0.5, 0.6) is 0 Å². The molecular formula is C7H12Cl2OSi. The highest BCUT2D eigenvalue weighted by molar-refractivity contribution is 7.45. The van der Waals surface area contributed by atoms with E-state index in [1.807, 2.05) is 6.55 Å². The lowest BCUT2D eigenvalue weighted by atomic mass is 10.2. The van der Waals surface area contributed by atoms with Crippen LogP contribution in [-0.4, -0.2) is 13.0 Å². The molecule has 0 rings (SSSR count). The predicted octanol–water partition coefficient (Wildman–Crippen LogP) is 3.07. The van der Waals surface area contributed by atoms with E-state index in [-0.39, 0.29) is 5.54 Å². The lowest BCUT2D eigenvalue weighted by Crippen LogP contribution is -2.22. The van der Waals surface area contributed by atoms with Gasteiger partial charge in [0.25, 0.3) is 6.69 Å². The van der Waals surface area contributed by atoms with Crippen molar-refractivity contribution >= 4 is 35.1 Å². The van der Waals surface area contributed by atoms with Crippen LogP contribution in [0.1, 0.15) is 12.8 Å². The van der Waals surface area contributed by atoms with Crippen LogP contribution < -0.4 is 0 Å². The normalized spacial score (nSPS) is 14.1. The maximum atomic E-state index is 10.2. The molecule has 0 fully saturated rings. The zero-order valence-corrected chi connectivity index (χ0v) is 9.03. The van der Waals surface area contributed by atoms with Crippen LogP contribution in [0.15, 0.2) is 12.7 Å². The lowest BCUT2D eigenvalue weighted by molar-refractivity contribution is -0.107. The second-order valence-corrected chi connectivity index (χ2v) is 10.6. The summed E-state index contributed by atoms with van der Waals surface area (Å²) in [6.45, 7) is 3.23. The Labute approximate surface area is 77.8 Å². The molecule has 0 radical (unpaired) electrons. The monoisotopic (exact) mass is 210 g/mol. The highest BCUT2D eigenvalue weighted by Crippen LogP contribution is 2.34. The lowest BCUT2D eigenvalue weighted by Gasteiger charge is -2.20. The number of carbonyl (C=O) groups excluding carboxylic acids is 1. The Balaban J connectivity index is 4.08. The van der Waals surface area contributed by atoms with Crippen molar-refractivity contribution < 1.29 is 4.79 Å². The molecule has 0 saturated heterocycles. The number of hydrogen-bond acceptors (Lipinski definition) is 1. The highest BCUT2D eigenvalue weighted by atomic mass is 35.7. The van der Waals surface area contributed by atoms with E-state index in [1.54, 1.807) is 6.08 Å². The van der Waals surface area contributed by atoms with E-state index in [4.69, 9.17) is 22.2 Å². The molecule has 4 heteroatoms. The second-order valence-electron chi connectivity index (χ2n) is 2.58. The number of aldehydes is 1. The van der Waals surface area contributed by atoms with Gasteiger partial charge in [-0.3, -0.25) is 0 Å². The van der Waals surface area contributed by atoms with E-state index in [9.17, 15) is 4.79 Å². The van der Waals surface area contributed by atoms with Gasteiger partial charge < -0.3 is 4.79 Å². The number of carbonyl (C=O) groups is 1. The van der Waals surface area contributed by atoms with Crippen molar-refractivity contribution in [3.63, 3.8) is 0 Å². The summed E-state index contributed by atoms with van der Waals surface area (Å²) in [5.41, 5.74) is 0.112. The third kappa shape index (κ3) is 4.61. The minimum absolute atomic E-state index is 0.112. The van der Waals surface area contributed by atoms with E-state index in [0.29, 0.717) is 6.42 Å². The fourth-order valence-corrected chi connectivity index (χ4v) is 2.99. The Hall–Kier alpha value is 0.207. The fourth-order valence-electron chi connectivity index (χ4n) is 0.827. The summed E-state index contributed by atoms with van der Waals surface area (Å²) in [7, 11) is 0. The van der Waals surface area contributed by atoms with Crippen LogP contribution in [0, 0.1) is 0 Å². The Morgan fingerprint density at radius 3 is 2.36 bits per heavy atom. The molecule has 0 aliphatic rings. The first-order chi connectivity index (χ1) is 5.02. The van der Waals surface area contributed by atoms with Gasteiger partial charge >= 0.3 is 0 Å². The molecular weight excluding hydrogens is 199 g/mol. The summed E-state index contributed by atoms with van der Waals surface area (Å²) in [5, 5.41) is 0. The van der Waals surface area contributed by atoms with Gasteiger partial charge in [-0.05, 0) is 18.5 Å². The summed E-state index contributed by atoms with van der Waals surface area (Å²) in [4.78, 5) is 10.2. The first kappa shape index (κ1) is 11.2. The van der Waals surface area contributed by atoms with E-state index in [0.717, 1.165) is 12.7 Å². The molecule has 64 valence electrons. The minimum Gasteiger partial charge on any atom is -0.303 e. The van der Waals surface area contributed by atoms with Crippen molar-refractivity contribution in [1.29, 1.82) is 0 Å². The molecule has 0 aliphatic heterocycles. The van der Waals surface area contributed by atoms with Gasteiger partial charge in [0, 0.05) is 6.42 Å². The van der Waals surface area contributed by atoms with Gasteiger partial charge in [-0.1, -0.05) is 6.08 Å². The van der Waals surface area contributed by atoms with Gasteiger partial charge in [0.15, 0.2) is 0 Å². The second kappa shape index (κ2) is 4.96. The largest absolute Gasteiger partial charge is 0.303 e. The molecule has 1 unspecified atom stereocenters. The molecule has 0 aliphatic carbocycles. The summed E-state index contributed by atoms with van der Waals surface area (Å²) >= 11 is 11.9. The number of rotatable bonds is 5. The van der Waals surface area contributed by atoms with Crippen molar-refractivity contribution in [1.82, 2.24) is 0 Å². The van der Waals surface area contributed by atoms with Gasteiger partial charge in [-0.2, -0.15) is 0 Å². The van der Waals surface area contributed by atoms with Gasteiger partial charge in [0.05, 0.1) is 0 Å². The van der Waals surface area contributed by atoms with E-state index in [1.165, 1.54) is 0 Å². The highest BCUT2D eigenvalue weighted by Gasteiger charge is 2.31. The van der Waals surface area contributed by atoms with Gasteiger partial charge in [0.1, 0.15) is 6.29 Å². The fraction of sp³-hybridized carbons (Fsp3) is 0.571. The average Bonchev–Trinajstić information content (AvgIpc) is 1.85. The minimum atomic E-state index is -2.19. The standard InChI is InChI=1S/C7H12Cl2OSi/c1-3-4-7(5-6-10)11(2,8)9/h3,6-7H,1,4-5H2,2H3. The molecule has 0 bridgehead atoms. The van der Waals surface area contributed by atoms with Crippen LogP contribution in [-0.2, 0) is 4.79 Å². The quantitative estimate of drug-likeness (QED) is 0.295. The molecule has 0 saturated carbocycles. The molecule has 0 aromatic heterocycles. The molecule has 0 N–H and O–H groups in total. The van der Waals surface area contributed by atoms with E-state index in [2.05, 4.69) is 6.58 Å². The van der Waals surface area contributed by atoms with Crippen LogP contribution in [0.4, 0.5) is 0 Å². The van der Waals surface area contributed by atoms with Gasteiger partial charge in [-0.25, -0.2) is 0 Å². The third-order valence-electron chi connectivity index (χ3n) is 1.55. The molecule has 0 heterocycles. The van der Waals surface area contributed by atoms with Crippen molar-refractivity contribution in [3.05, 3.63) is 12.7 Å². The molecule has 0 amide bonds. The van der Waals surface area contributed by atoms with Crippen molar-refractivity contribution in [2.75, 3.05) is 0 Å². The van der Waals surface area contributed by atoms with Crippen molar-refractivity contribution in [3.8, 4) is 0 Å². The summed E-state index contributed by atoms with van der Waals surface area (Å²) in [6, 6.07) is 0. The maximum Gasteiger partial charge on any atom is 0.252 e. The first-order valence-electron chi connectivity index (χ1n) is 3.44. The van der Waals surface area contributed by atoms with Crippen LogP contribution in [0.25, 0.3) is 0 Å². The first-order valence-corrected chi connectivity index (χ1v) is 8.04. The predicted molar refractivity (Wildman–Crippen MR) is 52.6 cm³/mol. The number of hydrogen-bond donors (Lipinski definition) is 0. The van der Waals surface area contributed by atoms with E-state index >= 15 is 0 Å². The Morgan fingerprint density at radius 1 is 1.55 bits per heavy atom. The Bertz CT molecular complexity index is 132. The van der Waals surface area contributed by atoms with Crippen LogP contribution in [0.2, 0.25) is 12.1 Å². The molecule has 0 aromatic rings. The average molecular weight is 211 g/mol. The van der Waals surface area contributed by atoms with Crippen LogP contribution in [0.3, 0.4) is 0 Å². The SMILES string of the molecule is C=CCC(CC=O)[Si](C)(Cl)Cl. The number of halogens is 2. The van der Waals surface area contributed by atoms with Crippen molar-refractivity contribution in [2.24, 2.45) is 0 Å². The zero-order valence-electron chi connectivity index (χ0n) is 6.52. The Kier molecular flexibility index (Phi) is 5.05. The topological polar surface area (TPSA) is 17.1 Å². The Morgan fingerprint density at radius 2 is 2.09 bits per heavy atom. The molecule has 0 aromatic carbocycles. The molecule has 11 heavy (non-hydrogen) atoms. The third-order valence-corrected chi connectivity index (χ3v) is 5.31. The van der Waals surface area contributed by atoms with E-state index < -0.39 is 6.69 Å². The molecule has 1 atom stereocenters. The maximum absolute atomic E-state index is 10.2. The summed E-state index contributed by atoms with van der Waals surface area (Å²) < 4.78 is 0. The van der Waals surface area contributed by atoms with Crippen molar-refractivity contribution in [2.45, 2.75) is 24.9 Å². The van der Waals surface area contributed by atoms with Gasteiger partial charge in [0.2, 0.25) is 0 Å².